The molecule has 2 heterocycles. The van der Waals surface area contributed by atoms with Gasteiger partial charge in [0, 0.05) is 6.54 Å². The molecule has 0 amide bonds. The molecule has 1 aliphatic heterocycles. The molecule has 0 spiro atoms. The van der Waals surface area contributed by atoms with Crippen LogP contribution in [0.15, 0.2) is 41.3 Å². The highest BCUT2D eigenvalue weighted by atomic mass is 15.4. The van der Waals surface area contributed by atoms with Crippen molar-refractivity contribution in [1.29, 1.82) is 0 Å². The molecule has 0 aromatic carbocycles. The second-order valence-corrected chi connectivity index (χ2v) is 10.0. The molecule has 3 rings (SSSR count). The van der Waals surface area contributed by atoms with Crippen LogP contribution in [0.4, 0.5) is 17.3 Å². The molecule has 5 nitrogen and oxygen atoms in total. The van der Waals surface area contributed by atoms with E-state index in [1.807, 2.05) is 0 Å². The molecule has 0 radical (unpaired) electrons. The molecule has 0 fully saturated rings. The Bertz CT molecular complexity index is 869. The number of anilines is 2. The van der Waals surface area contributed by atoms with Gasteiger partial charge in [-0.1, -0.05) is 48.8 Å². The Morgan fingerprint density at radius 2 is 2.00 bits per heavy atom. The van der Waals surface area contributed by atoms with Crippen LogP contribution in [0.1, 0.15) is 73.1 Å². The van der Waals surface area contributed by atoms with Crippen LogP contribution < -0.4 is 15.5 Å². The quantitative estimate of drug-likeness (QED) is 0.588. The summed E-state index contributed by atoms with van der Waals surface area (Å²) in [7, 11) is 2.13. The van der Waals surface area contributed by atoms with E-state index in [4.69, 9.17) is 5.73 Å². The molecule has 1 aromatic rings. The van der Waals surface area contributed by atoms with Gasteiger partial charge in [-0.2, -0.15) is 4.98 Å². The SMILES string of the molecule is CC(=CCC/C(C)=C/CN1C[NH+](C)c2ncnc(N)c21)CC[C@@]1(C)C(C)=CCC[C@@H]1C. The maximum Gasteiger partial charge on any atom is 0.256 e. The summed E-state index contributed by atoms with van der Waals surface area (Å²) in [5.74, 6) is 2.37. The number of aromatic nitrogens is 2. The van der Waals surface area contributed by atoms with Crippen LogP contribution in [0.2, 0.25) is 0 Å². The van der Waals surface area contributed by atoms with Crippen molar-refractivity contribution in [3.63, 3.8) is 0 Å². The lowest BCUT2D eigenvalue weighted by Crippen LogP contribution is -3.03. The first-order valence-electron chi connectivity index (χ1n) is 11.9. The van der Waals surface area contributed by atoms with Gasteiger partial charge in [0.2, 0.25) is 0 Å². The first kappa shape index (κ1) is 23.5. The number of nitrogens with zero attached hydrogens (tertiary/aromatic N) is 3. The Morgan fingerprint density at radius 3 is 2.74 bits per heavy atom. The van der Waals surface area contributed by atoms with Gasteiger partial charge in [-0.25, -0.2) is 4.98 Å². The van der Waals surface area contributed by atoms with E-state index in [0.717, 1.165) is 43.5 Å². The topological polar surface area (TPSA) is 59.5 Å². The molecule has 0 bridgehead atoms. The first-order chi connectivity index (χ1) is 14.7. The summed E-state index contributed by atoms with van der Waals surface area (Å²) in [6, 6.07) is 0. The fraction of sp³-hybridized carbons (Fsp3) is 0.615. The molecule has 3 atom stereocenters. The molecular weight excluding hydrogens is 382 g/mol. The van der Waals surface area contributed by atoms with Crippen molar-refractivity contribution in [3.05, 3.63) is 41.3 Å². The predicted octanol–water partition coefficient (Wildman–Crippen LogP) is 4.82. The largest absolute Gasteiger partial charge is 0.382 e. The summed E-state index contributed by atoms with van der Waals surface area (Å²) in [4.78, 5) is 12.1. The third-order valence-electron chi connectivity index (χ3n) is 7.77. The fourth-order valence-corrected chi connectivity index (χ4v) is 5.02. The molecule has 5 heteroatoms. The molecule has 1 aliphatic carbocycles. The van der Waals surface area contributed by atoms with Crippen molar-refractivity contribution in [2.75, 3.05) is 30.9 Å². The van der Waals surface area contributed by atoms with E-state index < -0.39 is 0 Å². The number of hydrogen-bond donors (Lipinski definition) is 2. The second kappa shape index (κ2) is 9.99. The average Bonchev–Trinajstić information content (AvgIpc) is 3.06. The Hall–Kier alpha value is -2.14. The zero-order chi connectivity index (χ0) is 22.6. The number of hydrogen-bond acceptors (Lipinski definition) is 4. The second-order valence-electron chi connectivity index (χ2n) is 10.0. The summed E-state index contributed by atoms with van der Waals surface area (Å²) in [5, 5.41) is 0. The van der Waals surface area contributed by atoms with Gasteiger partial charge in [-0.05, 0) is 70.6 Å². The van der Waals surface area contributed by atoms with Crippen molar-refractivity contribution < 1.29 is 4.90 Å². The fourth-order valence-electron chi connectivity index (χ4n) is 5.02. The lowest BCUT2D eigenvalue weighted by atomic mass is 9.65. The normalized spacial score (nSPS) is 26.8. The highest BCUT2D eigenvalue weighted by Crippen LogP contribution is 2.45. The van der Waals surface area contributed by atoms with E-state index in [2.05, 4.69) is 74.8 Å². The van der Waals surface area contributed by atoms with Crippen molar-refractivity contribution in [2.45, 2.75) is 73.1 Å². The number of rotatable bonds is 8. The van der Waals surface area contributed by atoms with Gasteiger partial charge >= 0.3 is 0 Å². The number of quaternary nitrogens is 1. The van der Waals surface area contributed by atoms with Crippen LogP contribution in [0.5, 0.6) is 0 Å². The van der Waals surface area contributed by atoms with Gasteiger partial charge in [0.15, 0.2) is 18.2 Å². The smallest absolute Gasteiger partial charge is 0.256 e. The van der Waals surface area contributed by atoms with Crippen LogP contribution in [-0.2, 0) is 0 Å². The minimum Gasteiger partial charge on any atom is -0.382 e. The third kappa shape index (κ3) is 5.38. The minimum atomic E-state index is 0.371. The van der Waals surface area contributed by atoms with Gasteiger partial charge in [0.1, 0.15) is 6.33 Å². The Morgan fingerprint density at radius 1 is 1.26 bits per heavy atom. The summed E-state index contributed by atoms with van der Waals surface area (Å²) >= 11 is 0. The lowest BCUT2D eigenvalue weighted by Gasteiger charge is -2.40. The van der Waals surface area contributed by atoms with Gasteiger partial charge in [0.05, 0.1) is 7.05 Å². The molecule has 1 unspecified atom stereocenters. The highest BCUT2D eigenvalue weighted by molar-refractivity contribution is 5.73. The van der Waals surface area contributed by atoms with Crippen LogP contribution in [0.25, 0.3) is 0 Å². The Balaban J connectivity index is 1.48. The average molecular weight is 425 g/mol. The van der Waals surface area contributed by atoms with E-state index >= 15 is 0 Å². The zero-order valence-electron chi connectivity index (χ0n) is 20.5. The van der Waals surface area contributed by atoms with Gasteiger partial charge < -0.3 is 10.6 Å². The van der Waals surface area contributed by atoms with Crippen molar-refractivity contribution in [1.82, 2.24) is 9.97 Å². The van der Waals surface area contributed by atoms with Gasteiger partial charge in [-0.15, -0.1) is 0 Å². The van der Waals surface area contributed by atoms with Crippen molar-refractivity contribution >= 4 is 17.3 Å². The summed E-state index contributed by atoms with van der Waals surface area (Å²) in [6.07, 6.45) is 16.1. The number of allylic oxidation sites excluding steroid dienone is 5. The molecular formula is C26H42N5+. The third-order valence-corrected chi connectivity index (χ3v) is 7.77. The van der Waals surface area contributed by atoms with Crippen molar-refractivity contribution in [2.24, 2.45) is 11.3 Å². The van der Waals surface area contributed by atoms with Crippen molar-refractivity contribution in [3.8, 4) is 0 Å². The van der Waals surface area contributed by atoms with E-state index in [0.29, 0.717) is 11.2 Å². The standard InChI is InChI=1S/C26H41N5/c1-19(13-15-26(5)21(3)11-8-12-22(26)4)9-7-10-20(2)14-16-31-18-30(6)25-23(31)24(27)28-17-29-25/h9,11,14,17,22H,7-8,10,12-13,15-16,18H2,1-6H3,(H2,27,28,29)/p+1/b19-9?,20-14+/t22-,26-/m0/s1. The summed E-state index contributed by atoms with van der Waals surface area (Å²) in [5.41, 5.74) is 12.0. The molecule has 1 aromatic heterocycles. The Labute approximate surface area is 189 Å². The molecule has 0 saturated carbocycles. The number of nitrogens with one attached hydrogen (secondary N) is 1. The highest BCUT2D eigenvalue weighted by Gasteiger charge is 2.34. The van der Waals surface area contributed by atoms with E-state index in [1.165, 1.54) is 41.7 Å². The van der Waals surface area contributed by atoms with Gasteiger partial charge in [0.25, 0.3) is 5.82 Å². The first-order valence-corrected chi connectivity index (χ1v) is 11.9. The summed E-state index contributed by atoms with van der Waals surface area (Å²) in [6.45, 7) is 13.5. The molecule has 170 valence electrons. The van der Waals surface area contributed by atoms with E-state index in [1.54, 1.807) is 11.9 Å². The number of fused-ring (bicyclic) bond motifs is 1. The van der Waals surface area contributed by atoms with Crippen LogP contribution in [0.3, 0.4) is 0 Å². The zero-order valence-corrected chi connectivity index (χ0v) is 20.5. The molecule has 3 N–H and O–H groups in total. The van der Waals surface area contributed by atoms with E-state index in [9.17, 15) is 0 Å². The maximum absolute atomic E-state index is 6.12. The number of nitrogens with two attached hydrogens (primary N) is 1. The maximum atomic E-state index is 6.12. The minimum absolute atomic E-state index is 0.371. The van der Waals surface area contributed by atoms with E-state index in [-0.39, 0.29) is 0 Å². The van der Waals surface area contributed by atoms with Crippen LogP contribution in [0, 0.1) is 11.3 Å². The molecule has 0 saturated heterocycles. The lowest BCUT2D eigenvalue weighted by molar-refractivity contribution is -0.805. The molecule has 2 aliphatic rings. The Kier molecular flexibility index (Phi) is 7.58. The summed E-state index contributed by atoms with van der Waals surface area (Å²) < 4.78 is 0. The van der Waals surface area contributed by atoms with Gasteiger partial charge in [-0.3, -0.25) is 4.90 Å². The monoisotopic (exact) mass is 424 g/mol. The van der Waals surface area contributed by atoms with Crippen LogP contribution >= 0.6 is 0 Å². The number of nitrogen functional groups attached to an aromatic ring is 1. The van der Waals surface area contributed by atoms with Crippen LogP contribution in [-0.4, -0.2) is 30.2 Å². The molecule has 31 heavy (non-hydrogen) atoms. The predicted molar refractivity (Wildman–Crippen MR) is 131 cm³/mol.